The number of hydrogen-bond donors (Lipinski definition) is 0. The maximum absolute atomic E-state index is 12.2. The minimum atomic E-state index is -0.541. The molecule has 0 rings (SSSR count). The zero-order chi connectivity index (χ0) is 13.8. The van der Waals surface area contributed by atoms with Gasteiger partial charge in [-0.3, -0.25) is 4.79 Å². The van der Waals surface area contributed by atoms with Gasteiger partial charge in [0.15, 0.2) is 0 Å². The minimum absolute atomic E-state index is 0.00710. The summed E-state index contributed by atoms with van der Waals surface area (Å²) >= 11 is 0. The Balaban J connectivity index is 4.78. The van der Waals surface area contributed by atoms with Crippen LogP contribution in [0.3, 0.4) is 0 Å². The van der Waals surface area contributed by atoms with E-state index in [2.05, 4.69) is 27.7 Å². The van der Waals surface area contributed by atoms with Crippen molar-refractivity contribution in [1.29, 1.82) is 0 Å². The van der Waals surface area contributed by atoms with Crippen molar-refractivity contribution in [3.05, 3.63) is 11.6 Å². The smallest absolute Gasteiger partial charge is 0.315 e. The molecule has 0 bridgehead atoms. The Morgan fingerprint density at radius 2 is 1.47 bits per heavy atom. The van der Waals surface area contributed by atoms with E-state index in [0.717, 1.165) is 5.57 Å². The molecule has 0 radical (unpaired) electrons. The van der Waals surface area contributed by atoms with Gasteiger partial charge < -0.3 is 4.74 Å². The van der Waals surface area contributed by atoms with Gasteiger partial charge in [-0.1, -0.05) is 39.3 Å². The fourth-order valence-corrected chi connectivity index (χ4v) is 2.10. The molecule has 0 saturated heterocycles. The second kappa shape index (κ2) is 6.23. The lowest BCUT2D eigenvalue weighted by Gasteiger charge is -2.29. The van der Waals surface area contributed by atoms with Crippen LogP contribution in [0.25, 0.3) is 0 Å². The van der Waals surface area contributed by atoms with Crippen molar-refractivity contribution in [2.75, 3.05) is 0 Å². The number of carbonyl (C=O) groups is 1. The van der Waals surface area contributed by atoms with E-state index in [-0.39, 0.29) is 12.1 Å². The highest BCUT2D eigenvalue weighted by atomic mass is 16.5. The molecule has 0 aromatic carbocycles. The van der Waals surface area contributed by atoms with Gasteiger partial charge in [0.25, 0.3) is 0 Å². The highest BCUT2D eigenvalue weighted by Gasteiger charge is 2.31. The summed E-state index contributed by atoms with van der Waals surface area (Å²) in [5, 5.41) is 0. The number of esters is 1. The topological polar surface area (TPSA) is 26.3 Å². The normalized spacial score (nSPS) is 12.2. The molecule has 17 heavy (non-hydrogen) atoms. The minimum Gasteiger partial charge on any atom is -0.461 e. The van der Waals surface area contributed by atoms with Crippen LogP contribution in [0.5, 0.6) is 0 Å². The van der Waals surface area contributed by atoms with E-state index >= 15 is 0 Å². The lowest BCUT2D eigenvalue weighted by Crippen LogP contribution is -2.34. The predicted octanol–water partition coefficient (Wildman–Crippen LogP) is 4.20. The molecule has 2 nitrogen and oxygen atoms in total. The molecule has 0 aliphatic carbocycles. The van der Waals surface area contributed by atoms with Crippen LogP contribution in [0.15, 0.2) is 11.6 Å². The first kappa shape index (κ1) is 16.2. The number of ether oxygens (including phenoxy) is 1. The van der Waals surface area contributed by atoms with E-state index in [1.807, 2.05) is 33.8 Å². The summed E-state index contributed by atoms with van der Waals surface area (Å²) in [7, 11) is 0. The van der Waals surface area contributed by atoms with Gasteiger partial charge in [-0.05, 0) is 39.5 Å². The average molecular weight is 240 g/mol. The summed E-state index contributed by atoms with van der Waals surface area (Å²) in [4.78, 5) is 12.2. The lowest BCUT2D eigenvalue weighted by molar-refractivity contribution is -0.161. The summed E-state index contributed by atoms with van der Waals surface area (Å²) in [6.45, 7) is 16.2. The number of allylic oxidation sites excluding steroid dienone is 1. The van der Waals surface area contributed by atoms with Crippen LogP contribution < -0.4 is 0 Å². The average Bonchev–Trinajstić information content (AvgIpc) is 2.10. The first-order chi connectivity index (χ1) is 7.58. The van der Waals surface area contributed by atoms with Crippen molar-refractivity contribution in [1.82, 2.24) is 0 Å². The van der Waals surface area contributed by atoms with Gasteiger partial charge in [0, 0.05) is 0 Å². The van der Waals surface area contributed by atoms with Gasteiger partial charge in [0.05, 0.1) is 5.41 Å². The van der Waals surface area contributed by atoms with E-state index in [1.54, 1.807) is 0 Å². The predicted molar refractivity (Wildman–Crippen MR) is 72.8 cm³/mol. The Morgan fingerprint density at radius 3 is 1.76 bits per heavy atom. The van der Waals surface area contributed by atoms with Crippen molar-refractivity contribution in [2.45, 2.75) is 61.5 Å². The molecule has 0 saturated carbocycles. The van der Waals surface area contributed by atoms with Crippen LogP contribution in [-0.2, 0) is 9.53 Å². The highest BCUT2D eigenvalue weighted by molar-refractivity contribution is 5.78. The van der Waals surface area contributed by atoms with Crippen LogP contribution in [0.4, 0.5) is 0 Å². The first-order valence-electron chi connectivity index (χ1n) is 6.45. The Labute approximate surface area is 106 Å². The van der Waals surface area contributed by atoms with Crippen LogP contribution in [-0.4, -0.2) is 12.1 Å². The van der Waals surface area contributed by atoms with Gasteiger partial charge in [0.2, 0.25) is 0 Å². The van der Waals surface area contributed by atoms with Crippen molar-refractivity contribution in [3.63, 3.8) is 0 Å². The third kappa shape index (κ3) is 5.38. The number of hydrogen-bond acceptors (Lipinski definition) is 2. The quantitative estimate of drug-likeness (QED) is 0.531. The van der Waals surface area contributed by atoms with Gasteiger partial charge >= 0.3 is 5.97 Å². The van der Waals surface area contributed by atoms with E-state index < -0.39 is 5.41 Å². The lowest BCUT2D eigenvalue weighted by atomic mass is 9.90. The summed E-state index contributed by atoms with van der Waals surface area (Å²) < 4.78 is 5.66. The highest BCUT2D eigenvalue weighted by Crippen LogP contribution is 2.25. The van der Waals surface area contributed by atoms with E-state index in [4.69, 9.17) is 4.74 Å². The summed E-state index contributed by atoms with van der Waals surface area (Å²) in [5.74, 6) is 0.564. The second-order valence-electron chi connectivity index (χ2n) is 6.30. The standard InChI is InChI=1S/C15H28O2/c1-10(2)9-15(7,8)14(16)17-13(11(3)4)12(5)6/h9,11-13H,1-8H3. The molecule has 100 valence electrons. The molecule has 0 amide bonds. The molecule has 0 fully saturated rings. The van der Waals surface area contributed by atoms with Crippen molar-refractivity contribution in [3.8, 4) is 0 Å². The molecular weight excluding hydrogens is 212 g/mol. The summed E-state index contributed by atoms with van der Waals surface area (Å²) in [6, 6.07) is 0. The zero-order valence-electron chi connectivity index (χ0n) is 12.6. The third-order valence-corrected chi connectivity index (χ3v) is 2.73. The van der Waals surface area contributed by atoms with E-state index in [0.29, 0.717) is 11.8 Å². The van der Waals surface area contributed by atoms with Gasteiger partial charge in [-0.15, -0.1) is 0 Å². The SMILES string of the molecule is CC(C)=CC(C)(C)C(=O)OC(C(C)C)C(C)C. The molecule has 0 aliphatic heterocycles. The maximum atomic E-state index is 12.2. The zero-order valence-corrected chi connectivity index (χ0v) is 12.6. The molecule has 0 aromatic rings. The Bertz CT molecular complexity index is 273. The summed E-state index contributed by atoms with van der Waals surface area (Å²) in [5.41, 5.74) is 0.596. The van der Waals surface area contributed by atoms with Crippen LogP contribution >= 0.6 is 0 Å². The Morgan fingerprint density at radius 1 is 1.06 bits per heavy atom. The van der Waals surface area contributed by atoms with Crippen molar-refractivity contribution < 1.29 is 9.53 Å². The van der Waals surface area contributed by atoms with Gasteiger partial charge in [-0.25, -0.2) is 0 Å². The van der Waals surface area contributed by atoms with Crippen LogP contribution in [0, 0.1) is 17.3 Å². The maximum Gasteiger partial charge on any atom is 0.315 e. The second-order valence-corrected chi connectivity index (χ2v) is 6.30. The van der Waals surface area contributed by atoms with Crippen molar-refractivity contribution >= 4 is 5.97 Å². The van der Waals surface area contributed by atoms with E-state index in [1.165, 1.54) is 0 Å². The third-order valence-electron chi connectivity index (χ3n) is 2.73. The molecule has 0 spiro atoms. The van der Waals surface area contributed by atoms with Gasteiger partial charge in [0.1, 0.15) is 6.10 Å². The largest absolute Gasteiger partial charge is 0.461 e. The fraction of sp³-hybridized carbons (Fsp3) is 0.800. The Hall–Kier alpha value is -0.790. The van der Waals surface area contributed by atoms with Crippen LogP contribution in [0.2, 0.25) is 0 Å². The molecule has 2 heteroatoms. The number of carbonyl (C=O) groups excluding carboxylic acids is 1. The fourth-order valence-electron chi connectivity index (χ4n) is 2.10. The summed E-state index contributed by atoms with van der Waals surface area (Å²) in [6.07, 6.45) is 1.96. The first-order valence-corrected chi connectivity index (χ1v) is 6.45. The van der Waals surface area contributed by atoms with Crippen LogP contribution in [0.1, 0.15) is 55.4 Å². The molecule has 0 aliphatic rings. The van der Waals surface area contributed by atoms with Crippen molar-refractivity contribution in [2.24, 2.45) is 17.3 Å². The molecule has 0 aromatic heterocycles. The Kier molecular flexibility index (Phi) is 5.94. The number of rotatable bonds is 5. The molecule has 0 heterocycles. The van der Waals surface area contributed by atoms with E-state index in [9.17, 15) is 4.79 Å². The molecular formula is C15H28O2. The molecule has 0 unspecified atom stereocenters. The van der Waals surface area contributed by atoms with Gasteiger partial charge in [-0.2, -0.15) is 0 Å². The molecule has 0 N–H and O–H groups in total. The monoisotopic (exact) mass is 240 g/mol. The molecule has 0 atom stereocenters.